The SMILES string of the molecule is CCC(C)CCCOC(CC)C(=O)NC(C#N)Cc1ccc(-c2ccc3c(c2)N(C)C(=O)C3)s1. The maximum absolute atomic E-state index is 12.7. The van der Waals surface area contributed by atoms with Crippen molar-refractivity contribution in [3.05, 3.63) is 40.8 Å². The standard InChI is InChI=1S/C27H35N3O3S/c1-5-18(3)8-7-13-33-24(6-2)27(32)29-21(17-28)16-22-11-12-25(34-22)20-10-9-19-15-26(31)30(4)23(19)14-20/h9-12,14,18,21,24H,5-8,13,15-16H2,1-4H3,(H,29,32). The fourth-order valence-electron chi connectivity index (χ4n) is 4.07. The molecule has 1 N–H and O–H groups in total. The lowest BCUT2D eigenvalue weighted by atomic mass is 10.0. The van der Waals surface area contributed by atoms with E-state index in [-0.39, 0.29) is 11.8 Å². The topological polar surface area (TPSA) is 82.4 Å². The minimum atomic E-state index is -0.611. The number of fused-ring (bicyclic) bond motifs is 1. The van der Waals surface area contributed by atoms with Crippen LogP contribution in [0.4, 0.5) is 5.69 Å². The minimum absolute atomic E-state index is 0.108. The van der Waals surface area contributed by atoms with Crippen LogP contribution in [0, 0.1) is 17.2 Å². The Balaban J connectivity index is 1.56. The van der Waals surface area contributed by atoms with Gasteiger partial charge < -0.3 is 15.0 Å². The van der Waals surface area contributed by atoms with Gasteiger partial charge in [0.25, 0.3) is 0 Å². The largest absolute Gasteiger partial charge is 0.368 e. The first-order chi connectivity index (χ1) is 16.4. The molecule has 0 fully saturated rings. The molecule has 7 heteroatoms. The van der Waals surface area contributed by atoms with Crippen molar-refractivity contribution in [2.45, 2.75) is 71.4 Å². The van der Waals surface area contributed by atoms with Crippen LogP contribution in [0.15, 0.2) is 30.3 Å². The quantitative estimate of drug-likeness (QED) is 0.427. The third kappa shape index (κ3) is 6.46. The van der Waals surface area contributed by atoms with Crippen LogP contribution in [-0.4, -0.2) is 37.6 Å². The normalized spacial score (nSPS) is 15.5. The lowest BCUT2D eigenvalue weighted by molar-refractivity contribution is -0.133. The lowest BCUT2D eigenvalue weighted by Gasteiger charge is -2.18. The molecule has 1 aromatic carbocycles. The predicted molar refractivity (Wildman–Crippen MR) is 137 cm³/mol. The molecule has 182 valence electrons. The molecule has 1 aliphatic heterocycles. The predicted octanol–water partition coefficient (Wildman–Crippen LogP) is 5.11. The van der Waals surface area contributed by atoms with Gasteiger partial charge in [0.1, 0.15) is 12.1 Å². The number of nitriles is 1. The Hall–Kier alpha value is -2.69. The van der Waals surface area contributed by atoms with Crippen molar-refractivity contribution in [2.24, 2.45) is 5.92 Å². The maximum Gasteiger partial charge on any atom is 0.250 e. The van der Waals surface area contributed by atoms with Crippen molar-refractivity contribution in [1.29, 1.82) is 5.26 Å². The summed E-state index contributed by atoms with van der Waals surface area (Å²) in [7, 11) is 1.80. The van der Waals surface area contributed by atoms with Gasteiger partial charge in [-0.25, -0.2) is 0 Å². The molecule has 2 heterocycles. The number of rotatable bonds is 12. The fourth-order valence-corrected chi connectivity index (χ4v) is 5.12. The maximum atomic E-state index is 12.7. The Kier molecular flexibility index (Phi) is 9.26. The second kappa shape index (κ2) is 12.1. The summed E-state index contributed by atoms with van der Waals surface area (Å²) in [6.45, 7) is 6.89. The van der Waals surface area contributed by atoms with E-state index in [0.29, 0.717) is 31.8 Å². The van der Waals surface area contributed by atoms with E-state index in [1.54, 1.807) is 23.3 Å². The second-order valence-electron chi connectivity index (χ2n) is 9.06. The van der Waals surface area contributed by atoms with Crippen molar-refractivity contribution in [3.8, 4) is 16.5 Å². The van der Waals surface area contributed by atoms with E-state index in [9.17, 15) is 14.9 Å². The van der Waals surface area contributed by atoms with Gasteiger partial charge in [-0.1, -0.05) is 39.3 Å². The van der Waals surface area contributed by atoms with E-state index in [2.05, 4.69) is 25.2 Å². The smallest absolute Gasteiger partial charge is 0.250 e. The zero-order valence-electron chi connectivity index (χ0n) is 20.6. The number of nitrogens with zero attached hydrogens (tertiary/aromatic N) is 2. The van der Waals surface area contributed by atoms with E-state index < -0.39 is 12.1 Å². The van der Waals surface area contributed by atoms with Crippen LogP contribution < -0.4 is 10.2 Å². The number of hydrogen-bond donors (Lipinski definition) is 1. The number of likely N-dealkylation sites (N-methyl/N-ethyl adjacent to an activating group) is 1. The van der Waals surface area contributed by atoms with Crippen LogP contribution in [-0.2, 0) is 27.2 Å². The van der Waals surface area contributed by atoms with Gasteiger partial charge in [-0.15, -0.1) is 11.3 Å². The van der Waals surface area contributed by atoms with Crippen LogP contribution >= 0.6 is 11.3 Å². The summed E-state index contributed by atoms with van der Waals surface area (Å²) in [6, 6.07) is 11.7. The number of hydrogen-bond acceptors (Lipinski definition) is 5. The third-order valence-electron chi connectivity index (χ3n) is 6.51. The molecule has 0 saturated heterocycles. The van der Waals surface area contributed by atoms with Crippen molar-refractivity contribution < 1.29 is 14.3 Å². The monoisotopic (exact) mass is 481 g/mol. The summed E-state index contributed by atoms with van der Waals surface area (Å²) in [5.41, 5.74) is 3.05. The number of carbonyl (C=O) groups excluding carboxylic acids is 2. The molecule has 6 nitrogen and oxygen atoms in total. The zero-order valence-corrected chi connectivity index (χ0v) is 21.4. The summed E-state index contributed by atoms with van der Waals surface area (Å²) in [5, 5.41) is 12.5. The van der Waals surface area contributed by atoms with Crippen molar-refractivity contribution in [1.82, 2.24) is 5.32 Å². The van der Waals surface area contributed by atoms with Gasteiger partial charge in [0.15, 0.2) is 0 Å². The number of carbonyl (C=O) groups is 2. The first kappa shape index (κ1) is 25.9. The summed E-state index contributed by atoms with van der Waals surface area (Å²) < 4.78 is 5.81. The molecular weight excluding hydrogens is 446 g/mol. The van der Waals surface area contributed by atoms with Gasteiger partial charge in [0, 0.05) is 35.5 Å². The number of anilines is 1. The molecule has 1 aliphatic rings. The first-order valence-electron chi connectivity index (χ1n) is 12.2. The Labute approximate surface area is 206 Å². The second-order valence-corrected chi connectivity index (χ2v) is 10.2. The lowest BCUT2D eigenvalue weighted by Crippen LogP contribution is -2.42. The van der Waals surface area contributed by atoms with Crippen molar-refractivity contribution in [2.75, 3.05) is 18.6 Å². The number of thiophene rings is 1. The van der Waals surface area contributed by atoms with E-state index in [1.165, 1.54) is 0 Å². The van der Waals surface area contributed by atoms with Gasteiger partial charge in [0.05, 0.1) is 12.5 Å². The van der Waals surface area contributed by atoms with Crippen LogP contribution in [0.5, 0.6) is 0 Å². The Morgan fingerprint density at radius 1 is 1.26 bits per heavy atom. The molecule has 0 aliphatic carbocycles. The van der Waals surface area contributed by atoms with Crippen LogP contribution in [0.3, 0.4) is 0 Å². The first-order valence-corrected chi connectivity index (χ1v) is 13.0. The molecular formula is C27H35N3O3S. The highest BCUT2D eigenvalue weighted by molar-refractivity contribution is 7.15. The zero-order chi connectivity index (χ0) is 24.7. The van der Waals surface area contributed by atoms with E-state index >= 15 is 0 Å². The number of nitrogens with one attached hydrogen (secondary N) is 1. The van der Waals surface area contributed by atoms with E-state index in [4.69, 9.17) is 4.74 Å². The van der Waals surface area contributed by atoms with Crippen molar-refractivity contribution in [3.63, 3.8) is 0 Å². The minimum Gasteiger partial charge on any atom is -0.368 e. The van der Waals surface area contributed by atoms with Gasteiger partial charge in [-0.05, 0) is 54.5 Å². The molecule has 0 saturated carbocycles. The molecule has 3 atom stereocenters. The molecule has 3 unspecified atom stereocenters. The third-order valence-corrected chi connectivity index (χ3v) is 7.66. The molecule has 2 amide bonds. The Bertz CT molecular complexity index is 1040. The average molecular weight is 482 g/mol. The van der Waals surface area contributed by atoms with Crippen molar-refractivity contribution >= 4 is 28.8 Å². The molecule has 0 radical (unpaired) electrons. The van der Waals surface area contributed by atoms with Crippen LogP contribution in [0.25, 0.3) is 10.4 Å². The molecule has 0 bridgehead atoms. The van der Waals surface area contributed by atoms with Crippen LogP contribution in [0.1, 0.15) is 56.9 Å². The van der Waals surface area contributed by atoms with Crippen LogP contribution in [0.2, 0.25) is 0 Å². The average Bonchev–Trinajstić information content (AvgIpc) is 3.42. The van der Waals surface area contributed by atoms with Gasteiger partial charge in [-0.3, -0.25) is 9.59 Å². The number of benzene rings is 1. The van der Waals surface area contributed by atoms with E-state index in [1.807, 2.05) is 37.3 Å². The number of ether oxygens (including phenoxy) is 1. The molecule has 1 aromatic heterocycles. The molecule has 0 spiro atoms. The molecule has 34 heavy (non-hydrogen) atoms. The van der Waals surface area contributed by atoms with Gasteiger partial charge >= 0.3 is 0 Å². The summed E-state index contributed by atoms with van der Waals surface area (Å²) in [4.78, 5) is 28.5. The summed E-state index contributed by atoms with van der Waals surface area (Å²) in [5.74, 6) is 0.550. The van der Waals surface area contributed by atoms with E-state index in [0.717, 1.165) is 45.8 Å². The van der Waals surface area contributed by atoms with Gasteiger partial charge in [-0.2, -0.15) is 5.26 Å². The number of amides is 2. The fraction of sp³-hybridized carbons (Fsp3) is 0.519. The summed E-state index contributed by atoms with van der Waals surface area (Å²) in [6.07, 6.45) is 4.11. The Morgan fingerprint density at radius 2 is 2.06 bits per heavy atom. The highest BCUT2D eigenvalue weighted by atomic mass is 32.1. The Morgan fingerprint density at radius 3 is 2.76 bits per heavy atom. The highest BCUT2D eigenvalue weighted by Gasteiger charge is 2.25. The summed E-state index contributed by atoms with van der Waals surface area (Å²) >= 11 is 1.60. The molecule has 3 rings (SSSR count). The molecule has 2 aromatic rings. The highest BCUT2D eigenvalue weighted by Crippen LogP contribution is 2.35. The van der Waals surface area contributed by atoms with Gasteiger partial charge in [0.2, 0.25) is 11.8 Å².